The van der Waals surface area contributed by atoms with E-state index in [4.69, 9.17) is 4.42 Å². The van der Waals surface area contributed by atoms with Gasteiger partial charge in [-0.25, -0.2) is 9.19 Å². The first kappa shape index (κ1) is 20.0. The molecule has 1 atom stereocenters. The summed E-state index contributed by atoms with van der Waals surface area (Å²) in [5.41, 5.74) is 3.49. The second-order valence-electron chi connectivity index (χ2n) is 7.25. The first-order valence-corrected chi connectivity index (χ1v) is 11.4. The first-order valence-electron chi connectivity index (χ1n) is 10.1. The van der Waals surface area contributed by atoms with Gasteiger partial charge in [-0.15, -0.1) is 0 Å². The van der Waals surface area contributed by atoms with Gasteiger partial charge in [0, 0.05) is 34.7 Å². The van der Waals surface area contributed by atoms with E-state index in [1.54, 1.807) is 12.4 Å². The van der Waals surface area contributed by atoms with Crippen molar-refractivity contribution in [2.45, 2.75) is 5.75 Å². The Morgan fingerprint density at radius 1 is 0.844 bits per heavy atom. The number of anilines is 3. The van der Waals surface area contributed by atoms with E-state index in [0.29, 0.717) is 17.5 Å². The first-order chi connectivity index (χ1) is 15.7. The third-order valence-electron chi connectivity index (χ3n) is 4.92. The van der Waals surface area contributed by atoms with Crippen LogP contribution in [0.2, 0.25) is 0 Å². The van der Waals surface area contributed by atoms with Crippen molar-refractivity contribution < 1.29 is 8.63 Å². The lowest BCUT2D eigenvalue weighted by atomic mass is 10.1. The van der Waals surface area contributed by atoms with Gasteiger partial charge in [0.25, 0.3) is 6.01 Å². The summed E-state index contributed by atoms with van der Waals surface area (Å²) >= 11 is 0. The van der Waals surface area contributed by atoms with Gasteiger partial charge in [0.15, 0.2) is 5.76 Å². The van der Waals surface area contributed by atoms with Crippen LogP contribution in [0.3, 0.4) is 0 Å². The Balaban J connectivity index is 1.27. The molecule has 0 spiro atoms. The van der Waals surface area contributed by atoms with Crippen LogP contribution in [0.15, 0.2) is 102 Å². The van der Waals surface area contributed by atoms with Crippen LogP contribution in [0.4, 0.5) is 17.4 Å². The Hall–Kier alpha value is -3.97. The Bertz CT molecular complexity index is 1390. The van der Waals surface area contributed by atoms with Crippen LogP contribution in [-0.4, -0.2) is 14.2 Å². The third-order valence-corrected chi connectivity index (χ3v) is 5.98. The molecular weight excluding hydrogens is 420 g/mol. The fraction of sp³-hybridized carbons (Fsp3) is 0.0400. The summed E-state index contributed by atoms with van der Waals surface area (Å²) in [6.07, 6.45) is 5.30. The maximum absolute atomic E-state index is 12.4. The van der Waals surface area contributed by atoms with E-state index in [0.717, 1.165) is 33.3 Å². The van der Waals surface area contributed by atoms with Gasteiger partial charge in [-0.1, -0.05) is 48.5 Å². The molecule has 0 saturated heterocycles. The second-order valence-corrected chi connectivity index (χ2v) is 8.43. The summed E-state index contributed by atoms with van der Waals surface area (Å²) in [5.74, 6) is 1.10. The molecule has 158 valence electrons. The number of hydrogen-bond donors (Lipinski definition) is 2. The Morgan fingerprint density at radius 3 is 2.62 bits per heavy atom. The van der Waals surface area contributed by atoms with Crippen LogP contribution in [0.1, 0.15) is 5.56 Å². The van der Waals surface area contributed by atoms with Crippen molar-refractivity contribution in [1.82, 2.24) is 9.97 Å². The van der Waals surface area contributed by atoms with Crippen LogP contribution in [-0.2, 0) is 16.7 Å². The fourth-order valence-corrected chi connectivity index (χ4v) is 4.34. The zero-order chi connectivity index (χ0) is 21.8. The molecule has 0 bridgehead atoms. The number of fused-ring (bicyclic) bond motifs is 1. The summed E-state index contributed by atoms with van der Waals surface area (Å²) in [5, 5.41) is 5.33. The predicted octanol–water partition coefficient (Wildman–Crippen LogP) is 5.91. The molecule has 0 fully saturated rings. The molecule has 0 radical (unpaired) electrons. The number of nitrogens with one attached hydrogen (secondary N) is 2. The van der Waals surface area contributed by atoms with Gasteiger partial charge in [-0.05, 0) is 41.3 Å². The van der Waals surface area contributed by atoms with Crippen LogP contribution in [0, 0.1) is 0 Å². The predicted molar refractivity (Wildman–Crippen MR) is 129 cm³/mol. The normalized spacial score (nSPS) is 11.9. The van der Waals surface area contributed by atoms with Crippen molar-refractivity contribution in [3.05, 3.63) is 103 Å². The SMILES string of the molecule is O=S(Cc1ccccc1)Nc1cccc(Nc2ncc(-c3ccc4cnccc4c3)o2)c1. The van der Waals surface area contributed by atoms with Gasteiger partial charge >= 0.3 is 0 Å². The number of nitrogens with zero attached hydrogens (tertiary/aromatic N) is 2. The van der Waals surface area contributed by atoms with Crippen LogP contribution in [0.25, 0.3) is 22.1 Å². The van der Waals surface area contributed by atoms with Crippen LogP contribution in [0.5, 0.6) is 0 Å². The van der Waals surface area contributed by atoms with Gasteiger partial charge < -0.3 is 14.5 Å². The van der Waals surface area contributed by atoms with E-state index in [1.807, 2.05) is 85.1 Å². The molecule has 3 aromatic carbocycles. The highest BCUT2D eigenvalue weighted by molar-refractivity contribution is 7.85. The Morgan fingerprint density at radius 2 is 1.72 bits per heavy atom. The van der Waals surface area contributed by atoms with Crippen LogP contribution < -0.4 is 10.0 Å². The summed E-state index contributed by atoms with van der Waals surface area (Å²) in [6.45, 7) is 0. The Labute approximate surface area is 187 Å². The number of benzene rings is 3. The highest BCUT2D eigenvalue weighted by Gasteiger charge is 2.09. The van der Waals surface area contributed by atoms with Crippen molar-refractivity contribution in [3.8, 4) is 11.3 Å². The minimum absolute atomic E-state index is 0.386. The molecule has 0 aliphatic carbocycles. The molecular formula is C25H20N4O2S. The standard InChI is InChI=1S/C25H20N4O2S/c30-32(17-18-5-2-1-3-6-18)29-23-8-4-7-22(14-23)28-25-27-16-24(31-25)20-9-10-21-15-26-12-11-19(21)13-20/h1-16,29H,17H2,(H,27,28). The average Bonchev–Trinajstić information content (AvgIpc) is 3.28. The number of oxazole rings is 1. The zero-order valence-electron chi connectivity index (χ0n) is 17.1. The smallest absolute Gasteiger partial charge is 0.299 e. The lowest BCUT2D eigenvalue weighted by Crippen LogP contribution is -2.07. The third kappa shape index (κ3) is 4.68. The molecule has 1 unspecified atom stereocenters. The Kier molecular flexibility index (Phi) is 5.63. The van der Waals surface area contributed by atoms with Crippen LogP contribution >= 0.6 is 0 Å². The quantitative estimate of drug-likeness (QED) is 0.329. The lowest BCUT2D eigenvalue weighted by Gasteiger charge is -2.08. The zero-order valence-corrected chi connectivity index (χ0v) is 17.9. The maximum Gasteiger partial charge on any atom is 0.299 e. The number of rotatable bonds is 7. The van der Waals surface area contributed by atoms with Crippen molar-refractivity contribution in [2.75, 3.05) is 10.0 Å². The van der Waals surface area contributed by atoms with Crippen molar-refractivity contribution >= 4 is 39.1 Å². The average molecular weight is 441 g/mol. The maximum atomic E-state index is 12.4. The topological polar surface area (TPSA) is 80.0 Å². The van der Waals surface area contributed by atoms with E-state index in [9.17, 15) is 4.21 Å². The number of hydrogen-bond acceptors (Lipinski definition) is 5. The molecule has 32 heavy (non-hydrogen) atoms. The molecule has 2 heterocycles. The number of pyridine rings is 1. The minimum Gasteiger partial charge on any atom is -0.423 e. The van der Waals surface area contributed by atoms with Crippen molar-refractivity contribution in [2.24, 2.45) is 0 Å². The largest absolute Gasteiger partial charge is 0.423 e. The second kappa shape index (κ2) is 9.03. The van der Waals surface area contributed by atoms with E-state index in [2.05, 4.69) is 20.0 Å². The molecule has 0 amide bonds. The molecule has 7 heteroatoms. The van der Waals surface area contributed by atoms with E-state index in [1.165, 1.54) is 0 Å². The molecule has 0 aliphatic rings. The van der Waals surface area contributed by atoms with Crippen molar-refractivity contribution in [3.63, 3.8) is 0 Å². The monoisotopic (exact) mass is 440 g/mol. The van der Waals surface area contributed by atoms with Gasteiger partial charge in [0.2, 0.25) is 0 Å². The van der Waals surface area contributed by atoms with Gasteiger partial charge in [-0.3, -0.25) is 4.98 Å². The van der Waals surface area contributed by atoms with E-state index >= 15 is 0 Å². The molecule has 0 saturated carbocycles. The van der Waals surface area contributed by atoms with Gasteiger partial charge in [0.05, 0.1) is 11.9 Å². The number of aromatic nitrogens is 2. The summed E-state index contributed by atoms with van der Waals surface area (Å²) in [4.78, 5) is 8.49. The van der Waals surface area contributed by atoms with Gasteiger partial charge in [-0.2, -0.15) is 0 Å². The summed E-state index contributed by atoms with van der Waals surface area (Å²) in [6, 6.07) is 25.7. The fourth-order valence-electron chi connectivity index (χ4n) is 3.38. The molecule has 6 nitrogen and oxygen atoms in total. The highest BCUT2D eigenvalue weighted by atomic mass is 32.2. The van der Waals surface area contributed by atoms with Gasteiger partial charge in [0.1, 0.15) is 11.0 Å². The van der Waals surface area contributed by atoms with E-state index < -0.39 is 11.0 Å². The lowest BCUT2D eigenvalue weighted by molar-refractivity contribution is 0.592. The molecule has 0 aliphatic heterocycles. The summed E-state index contributed by atoms with van der Waals surface area (Å²) in [7, 11) is -1.23. The highest BCUT2D eigenvalue weighted by Crippen LogP contribution is 2.28. The molecule has 5 aromatic rings. The minimum atomic E-state index is -1.23. The summed E-state index contributed by atoms with van der Waals surface area (Å²) < 4.78 is 21.4. The van der Waals surface area contributed by atoms with Crippen molar-refractivity contribution in [1.29, 1.82) is 0 Å². The molecule has 5 rings (SSSR count). The molecule has 2 aromatic heterocycles. The van der Waals surface area contributed by atoms with E-state index in [-0.39, 0.29) is 0 Å². The molecule has 2 N–H and O–H groups in total.